The van der Waals surface area contributed by atoms with Crippen molar-refractivity contribution in [2.24, 2.45) is 0 Å². The Balaban J connectivity index is 1.41. The van der Waals surface area contributed by atoms with Crippen molar-refractivity contribution in [3.05, 3.63) is 60.2 Å². The van der Waals surface area contributed by atoms with E-state index in [4.69, 9.17) is 0 Å². The van der Waals surface area contributed by atoms with Crippen LogP contribution in [0.5, 0.6) is 5.75 Å². The first-order valence-electron chi connectivity index (χ1n) is 9.38. The van der Waals surface area contributed by atoms with E-state index in [0.717, 1.165) is 11.3 Å². The highest BCUT2D eigenvalue weighted by Crippen LogP contribution is 2.16. The monoisotopic (exact) mass is 403 g/mol. The molecule has 1 aliphatic rings. The number of nitrogens with zero attached hydrogens (tertiary/aromatic N) is 2. The number of anilines is 1. The lowest BCUT2D eigenvalue weighted by Gasteiger charge is -2.34. The number of amides is 2. The Labute approximate surface area is 168 Å². The second-order valence-corrected chi connectivity index (χ2v) is 6.77. The van der Waals surface area contributed by atoms with Crippen LogP contribution in [0.3, 0.4) is 0 Å². The van der Waals surface area contributed by atoms with Gasteiger partial charge in [0.2, 0.25) is 11.8 Å². The molecule has 0 spiro atoms. The van der Waals surface area contributed by atoms with Crippen LogP contribution in [-0.2, 0) is 16.0 Å². The summed E-state index contributed by atoms with van der Waals surface area (Å²) < 4.78 is 28.7. The summed E-state index contributed by atoms with van der Waals surface area (Å²) >= 11 is 0. The van der Waals surface area contributed by atoms with Crippen molar-refractivity contribution < 1.29 is 23.1 Å². The summed E-state index contributed by atoms with van der Waals surface area (Å²) in [7, 11) is 0. The maximum Gasteiger partial charge on any atom is 0.387 e. The van der Waals surface area contributed by atoms with Gasteiger partial charge in [-0.3, -0.25) is 14.5 Å². The molecule has 0 aromatic heterocycles. The minimum absolute atomic E-state index is 0.0269. The lowest BCUT2D eigenvalue weighted by atomic mass is 10.1. The Hall–Kier alpha value is -3.00. The first kappa shape index (κ1) is 20.7. The van der Waals surface area contributed by atoms with E-state index in [-0.39, 0.29) is 30.5 Å². The number of carbonyl (C=O) groups is 2. The quantitative estimate of drug-likeness (QED) is 0.772. The van der Waals surface area contributed by atoms with E-state index in [9.17, 15) is 18.4 Å². The van der Waals surface area contributed by atoms with Gasteiger partial charge in [0.25, 0.3) is 0 Å². The Morgan fingerprint density at radius 1 is 0.966 bits per heavy atom. The number of rotatable bonds is 7. The van der Waals surface area contributed by atoms with Crippen molar-refractivity contribution in [2.45, 2.75) is 13.0 Å². The number of hydrogen-bond donors (Lipinski definition) is 1. The highest BCUT2D eigenvalue weighted by Gasteiger charge is 2.22. The lowest BCUT2D eigenvalue weighted by molar-refractivity contribution is -0.132. The van der Waals surface area contributed by atoms with Crippen molar-refractivity contribution in [3.8, 4) is 5.75 Å². The molecule has 0 radical (unpaired) electrons. The molecule has 1 saturated heterocycles. The third kappa shape index (κ3) is 6.53. The Morgan fingerprint density at radius 3 is 2.24 bits per heavy atom. The van der Waals surface area contributed by atoms with E-state index in [1.165, 1.54) is 12.1 Å². The molecule has 0 bridgehead atoms. The molecule has 1 N–H and O–H groups in total. The van der Waals surface area contributed by atoms with Crippen LogP contribution in [0.15, 0.2) is 54.6 Å². The molecular formula is C21H23F2N3O3. The second kappa shape index (κ2) is 9.97. The smallest absolute Gasteiger partial charge is 0.387 e. The number of halogens is 2. The van der Waals surface area contributed by atoms with E-state index in [1.807, 2.05) is 35.2 Å². The molecule has 0 aliphatic carbocycles. The number of carbonyl (C=O) groups excluding carboxylic acids is 2. The van der Waals surface area contributed by atoms with Crippen LogP contribution in [0.1, 0.15) is 5.56 Å². The average Bonchev–Trinajstić information content (AvgIpc) is 2.70. The van der Waals surface area contributed by atoms with Crippen LogP contribution in [0.4, 0.5) is 14.5 Å². The van der Waals surface area contributed by atoms with Crippen molar-refractivity contribution >= 4 is 17.5 Å². The molecule has 2 aromatic carbocycles. The molecule has 2 amide bonds. The van der Waals surface area contributed by atoms with Crippen LogP contribution in [-0.4, -0.2) is 60.9 Å². The fourth-order valence-electron chi connectivity index (χ4n) is 3.16. The van der Waals surface area contributed by atoms with Crippen LogP contribution in [0.2, 0.25) is 0 Å². The van der Waals surface area contributed by atoms with Gasteiger partial charge in [0.1, 0.15) is 5.75 Å². The fourth-order valence-corrected chi connectivity index (χ4v) is 3.16. The molecule has 8 heteroatoms. The predicted molar refractivity (Wildman–Crippen MR) is 105 cm³/mol. The lowest BCUT2D eigenvalue weighted by Crippen LogP contribution is -2.50. The first-order chi connectivity index (χ1) is 14.0. The number of piperazine rings is 1. The van der Waals surface area contributed by atoms with Gasteiger partial charge in [0.05, 0.1) is 13.0 Å². The minimum Gasteiger partial charge on any atom is -0.435 e. The average molecular weight is 403 g/mol. The largest absolute Gasteiger partial charge is 0.435 e. The molecule has 1 fully saturated rings. The third-order valence-electron chi connectivity index (χ3n) is 4.65. The van der Waals surface area contributed by atoms with E-state index in [1.54, 1.807) is 17.0 Å². The van der Waals surface area contributed by atoms with Crippen molar-refractivity contribution in [1.29, 1.82) is 0 Å². The summed E-state index contributed by atoms with van der Waals surface area (Å²) in [6, 6.07) is 15.4. The van der Waals surface area contributed by atoms with Crippen LogP contribution >= 0.6 is 0 Å². The summed E-state index contributed by atoms with van der Waals surface area (Å²) in [5, 5.41) is 2.85. The number of ether oxygens (including phenoxy) is 1. The summed E-state index contributed by atoms with van der Waals surface area (Å²) in [5.74, 6) is -0.0402. The highest BCUT2D eigenvalue weighted by atomic mass is 19.3. The van der Waals surface area contributed by atoms with E-state index >= 15 is 0 Å². The Kier molecular flexibility index (Phi) is 7.13. The molecule has 1 heterocycles. The van der Waals surface area contributed by atoms with Gasteiger partial charge in [-0.15, -0.1) is 0 Å². The normalized spacial score (nSPS) is 14.7. The van der Waals surface area contributed by atoms with E-state index in [2.05, 4.69) is 10.1 Å². The fraction of sp³-hybridized carbons (Fsp3) is 0.333. The molecule has 0 saturated carbocycles. The van der Waals surface area contributed by atoms with Gasteiger partial charge in [-0.05, 0) is 29.8 Å². The van der Waals surface area contributed by atoms with Gasteiger partial charge in [0.15, 0.2) is 0 Å². The maximum absolute atomic E-state index is 12.5. The minimum atomic E-state index is -2.87. The zero-order chi connectivity index (χ0) is 20.6. The first-order valence-corrected chi connectivity index (χ1v) is 9.38. The number of benzene rings is 2. The summed E-state index contributed by atoms with van der Waals surface area (Å²) in [6.45, 7) is -0.255. The van der Waals surface area contributed by atoms with Gasteiger partial charge < -0.3 is 15.0 Å². The maximum atomic E-state index is 12.5. The Morgan fingerprint density at radius 2 is 1.62 bits per heavy atom. The topological polar surface area (TPSA) is 61.9 Å². The molecular weight excluding hydrogens is 380 g/mol. The Bertz CT molecular complexity index is 808. The van der Waals surface area contributed by atoms with Crippen LogP contribution in [0.25, 0.3) is 0 Å². The number of alkyl halides is 2. The second-order valence-electron chi connectivity index (χ2n) is 6.77. The standard InChI is InChI=1S/C21H23F2N3O3/c22-21(23)29-18-8-6-16(7-9-18)14-20(28)26-12-10-25(11-13-26)15-19(27)24-17-4-2-1-3-5-17/h1-9,21H,10-15H2,(H,24,27). The predicted octanol–water partition coefficient (Wildman–Crippen LogP) is 2.61. The molecule has 0 atom stereocenters. The summed E-state index contributed by atoms with van der Waals surface area (Å²) in [5.41, 5.74) is 1.50. The van der Waals surface area contributed by atoms with Crippen LogP contribution < -0.4 is 10.1 Å². The molecule has 3 rings (SSSR count). The van der Waals surface area contributed by atoms with Crippen molar-refractivity contribution in [2.75, 3.05) is 38.0 Å². The van der Waals surface area contributed by atoms with E-state index in [0.29, 0.717) is 26.2 Å². The molecule has 0 unspecified atom stereocenters. The zero-order valence-electron chi connectivity index (χ0n) is 15.9. The van der Waals surface area contributed by atoms with Gasteiger partial charge in [0, 0.05) is 31.9 Å². The summed E-state index contributed by atoms with van der Waals surface area (Å²) in [4.78, 5) is 28.4. The van der Waals surface area contributed by atoms with Gasteiger partial charge in [-0.1, -0.05) is 30.3 Å². The van der Waals surface area contributed by atoms with Gasteiger partial charge >= 0.3 is 6.61 Å². The third-order valence-corrected chi connectivity index (χ3v) is 4.65. The number of para-hydroxylation sites is 1. The summed E-state index contributed by atoms with van der Waals surface area (Å²) in [6.07, 6.45) is 0.198. The number of hydrogen-bond acceptors (Lipinski definition) is 4. The van der Waals surface area contributed by atoms with Gasteiger partial charge in [-0.2, -0.15) is 8.78 Å². The van der Waals surface area contributed by atoms with E-state index < -0.39 is 6.61 Å². The highest BCUT2D eigenvalue weighted by molar-refractivity contribution is 5.92. The molecule has 6 nitrogen and oxygen atoms in total. The molecule has 29 heavy (non-hydrogen) atoms. The molecule has 154 valence electrons. The SMILES string of the molecule is O=C(CN1CCN(C(=O)Cc2ccc(OC(F)F)cc2)CC1)Nc1ccccc1. The van der Waals surface area contributed by atoms with Crippen molar-refractivity contribution in [3.63, 3.8) is 0 Å². The van der Waals surface area contributed by atoms with Crippen LogP contribution in [0, 0.1) is 0 Å². The molecule has 2 aromatic rings. The van der Waals surface area contributed by atoms with Gasteiger partial charge in [-0.25, -0.2) is 0 Å². The number of nitrogens with one attached hydrogen (secondary N) is 1. The molecule has 1 aliphatic heterocycles. The zero-order valence-corrected chi connectivity index (χ0v) is 15.9. The van der Waals surface area contributed by atoms with Crippen molar-refractivity contribution in [1.82, 2.24) is 9.80 Å².